The second-order valence-corrected chi connectivity index (χ2v) is 4.55. The van der Waals surface area contributed by atoms with Crippen molar-refractivity contribution in [1.29, 1.82) is 0 Å². The summed E-state index contributed by atoms with van der Waals surface area (Å²) in [7, 11) is 0. The van der Waals surface area contributed by atoms with Crippen LogP contribution in [0.2, 0.25) is 0 Å². The molecule has 2 N–H and O–H groups in total. The van der Waals surface area contributed by atoms with Gasteiger partial charge in [-0.05, 0) is 55.7 Å². The Morgan fingerprint density at radius 3 is 2.67 bits per heavy atom. The van der Waals surface area contributed by atoms with Crippen molar-refractivity contribution in [2.75, 3.05) is 5.73 Å². The number of pyridine rings is 1. The van der Waals surface area contributed by atoms with E-state index in [9.17, 15) is 0 Å². The summed E-state index contributed by atoms with van der Waals surface area (Å²) in [5, 5.41) is 0. The topological polar surface area (TPSA) is 48.1 Å². The Morgan fingerprint density at radius 1 is 1.17 bits per heavy atom. The lowest BCUT2D eigenvalue weighted by Gasteiger charge is -2.12. The zero-order valence-corrected chi connectivity index (χ0v) is 11.0. The van der Waals surface area contributed by atoms with Gasteiger partial charge in [-0.15, -0.1) is 0 Å². The Bertz CT molecular complexity index is 564. The number of rotatable bonds is 3. The van der Waals surface area contributed by atoms with E-state index in [0.717, 1.165) is 11.4 Å². The smallest absolute Gasteiger partial charge is 0.130 e. The monoisotopic (exact) mass is 242 g/mol. The van der Waals surface area contributed by atoms with Crippen molar-refractivity contribution in [2.24, 2.45) is 0 Å². The number of aryl methyl sites for hydroxylation is 2. The van der Waals surface area contributed by atoms with Crippen LogP contribution in [0.3, 0.4) is 0 Å². The van der Waals surface area contributed by atoms with E-state index in [2.05, 4.69) is 37.9 Å². The minimum atomic E-state index is 0.439. The molecule has 0 unspecified atom stereocenters. The van der Waals surface area contributed by atoms with Crippen LogP contribution in [0.4, 0.5) is 5.82 Å². The number of nitrogen functional groups attached to an aromatic ring is 1. The first-order chi connectivity index (χ1) is 8.56. The van der Waals surface area contributed by atoms with Crippen molar-refractivity contribution in [3.05, 3.63) is 52.7 Å². The molecule has 0 radical (unpaired) electrons. The first-order valence-corrected chi connectivity index (χ1v) is 5.98. The number of aromatic nitrogens is 1. The molecular weight excluding hydrogens is 224 g/mol. The summed E-state index contributed by atoms with van der Waals surface area (Å²) >= 11 is 0. The maximum Gasteiger partial charge on any atom is 0.130 e. The van der Waals surface area contributed by atoms with Gasteiger partial charge >= 0.3 is 0 Å². The number of benzene rings is 1. The fraction of sp³-hybridized carbons (Fsp3) is 0.267. The van der Waals surface area contributed by atoms with Crippen molar-refractivity contribution < 1.29 is 4.74 Å². The first kappa shape index (κ1) is 12.4. The average Bonchev–Trinajstić information content (AvgIpc) is 2.32. The number of anilines is 1. The van der Waals surface area contributed by atoms with Gasteiger partial charge in [-0.25, -0.2) is 4.98 Å². The van der Waals surface area contributed by atoms with Gasteiger partial charge in [0.2, 0.25) is 0 Å². The van der Waals surface area contributed by atoms with Crippen LogP contribution < -0.4 is 10.5 Å². The SMILES string of the molecule is Cc1cc(C)c(C)c(OCc2cccc(N)n2)c1. The molecule has 0 bridgehead atoms. The number of nitrogens with two attached hydrogens (primary N) is 1. The second-order valence-electron chi connectivity index (χ2n) is 4.55. The van der Waals surface area contributed by atoms with Crippen molar-refractivity contribution >= 4 is 5.82 Å². The largest absolute Gasteiger partial charge is 0.487 e. The van der Waals surface area contributed by atoms with E-state index >= 15 is 0 Å². The van der Waals surface area contributed by atoms with E-state index in [1.54, 1.807) is 6.07 Å². The van der Waals surface area contributed by atoms with Crippen molar-refractivity contribution in [3.63, 3.8) is 0 Å². The molecule has 3 heteroatoms. The van der Waals surface area contributed by atoms with E-state index in [0.29, 0.717) is 12.4 Å². The van der Waals surface area contributed by atoms with E-state index < -0.39 is 0 Å². The van der Waals surface area contributed by atoms with Crippen LogP contribution in [0.25, 0.3) is 0 Å². The normalized spacial score (nSPS) is 10.4. The maximum atomic E-state index is 5.82. The van der Waals surface area contributed by atoms with Gasteiger partial charge in [0, 0.05) is 0 Å². The lowest BCUT2D eigenvalue weighted by atomic mass is 10.1. The lowest BCUT2D eigenvalue weighted by Crippen LogP contribution is -2.02. The quantitative estimate of drug-likeness (QED) is 0.899. The third kappa shape index (κ3) is 2.80. The van der Waals surface area contributed by atoms with Crippen LogP contribution in [0, 0.1) is 20.8 Å². The highest BCUT2D eigenvalue weighted by atomic mass is 16.5. The molecule has 0 saturated heterocycles. The van der Waals surface area contributed by atoms with E-state index in [1.807, 2.05) is 12.1 Å². The third-order valence-corrected chi connectivity index (χ3v) is 2.97. The summed E-state index contributed by atoms with van der Waals surface area (Å²) < 4.78 is 5.82. The molecule has 2 aromatic rings. The zero-order valence-electron chi connectivity index (χ0n) is 11.0. The highest BCUT2D eigenvalue weighted by molar-refractivity contribution is 5.42. The molecule has 0 amide bonds. The van der Waals surface area contributed by atoms with Gasteiger partial charge < -0.3 is 10.5 Å². The average molecular weight is 242 g/mol. The molecule has 0 aliphatic carbocycles. The molecule has 0 aliphatic heterocycles. The number of hydrogen-bond acceptors (Lipinski definition) is 3. The van der Waals surface area contributed by atoms with Crippen LogP contribution in [0.5, 0.6) is 5.75 Å². The van der Waals surface area contributed by atoms with Gasteiger partial charge in [-0.3, -0.25) is 0 Å². The Kier molecular flexibility index (Phi) is 3.51. The van der Waals surface area contributed by atoms with E-state index in [-0.39, 0.29) is 0 Å². The Labute approximate surface area is 108 Å². The molecule has 0 fully saturated rings. The molecule has 2 rings (SSSR count). The summed E-state index contributed by atoms with van der Waals surface area (Å²) in [6.07, 6.45) is 0. The molecule has 0 spiro atoms. The van der Waals surface area contributed by atoms with Gasteiger partial charge in [0.1, 0.15) is 18.2 Å². The molecule has 1 heterocycles. The van der Waals surface area contributed by atoms with Crippen molar-refractivity contribution in [3.8, 4) is 5.75 Å². The molecule has 3 nitrogen and oxygen atoms in total. The highest BCUT2D eigenvalue weighted by Gasteiger charge is 2.05. The maximum absolute atomic E-state index is 5.82. The molecule has 0 saturated carbocycles. The summed E-state index contributed by atoms with van der Waals surface area (Å²) in [6.45, 7) is 6.66. The molecular formula is C15H18N2O. The first-order valence-electron chi connectivity index (χ1n) is 5.98. The van der Waals surface area contributed by atoms with Crippen LogP contribution in [0.1, 0.15) is 22.4 Å². The fourth-order valence-electron chi connectivity index (χ4n) is 1.88. The standard InChI is InChI=1S/C15H18N2O/c1-10-7-11(2)12(3)14(8-10)18-9-13-5-4-6-15(16)17-13/h4-8H,9H2,1-3H3,(H2,16,17). The number of hydrogen-bond donors (Lipinski definition) is 1. The fourth-order valence-corrected chi connectivity index (χ4v) is 1.88. The van der Waals surface area contributed by atoms with Gasteiger partial charge in [-0.2, -0.15) is 0 Å². The van der Waals surface area contributed by atoms with Gasteiger partial charge in [0.05, 0.1) is 5.69 Å². The van der Waals surface area contributed by atoms with Crippen molar-refractivity contribution in [2.45, 2.75) is 27.4 Å². The van der Waals surface area contributed by atoms with E-state index in [4.69, 9.17) is 10.5 Å². The Balaban J connectivity index is 2.15. The molecule has 1 aromatic carbocycles. The Hall–Kier alpha value is -2.03. The van der Waals surface area contributed by atoms with Crippen LogP contribution >= 0.6 is 0 Å². The van der Waals surface area contributed by atoms with Crippen LogP contribution in [-0.4, -0.2) is 4.98 Å². The lowest BCUT2D eigenvalue weighted by molar-refractivity contribution is 0.299. The number of nitrogens with zero attached hydrogens (tertiary/aromatic N) is 1. The molecule has 1 aromatic heterocycles. The van der Waals surface area contributed by atoms with Gasteiger partial charge in [-0.1, -0.05) is 12.1 Å². The number of ether oxygens (including phenoxy) is 1. The third-order valence-electron chi connectivity index (χ3n) is 2.97. The summed E-state index contributed by atoms with van der Waals surface area (Å²) in [4.78, 5) is 4.22. The predicted molar refractivity (Wildman–Crippen MR) is 73.6 cm³/mol. The van der Waals surface area contributed by atoms with Crippen LogP contribution in [0.15, 0.2) is 30.3 Å². The second kappa shape index (κ2) is 5.08. The minimum Gasteiger partial charge on any atom is -0.487 e. The summed E-state index contributed by atoms with van der Waals surface area (Å²) in [5.74, 6) is 1.44. The highest BCUT2D eigenvalue weighted by Crippen LogP contribution is 2.24. The molecule has 0 aliphatic rings. The van der Waals surface area contributed by atoms with Crippen LogP contribution in [-0.2, 0) is 6.61 Å². The molecule has 94 valence electrons. The zero-order chi connectivity index (χ0) is 13.1. The summed E-state index contributed by atoms with van der Waals surface area (Å²) in [5.41, 5.74) is 10.1. The minimum absolute atomic E-state index is 0.439. The molecule has 18 heavy (non-hydrogen) atoms. The van der Waals surface area contributed by atoms with Gasteiger partial charge in [0.25, 0.3) is 0 Å². The Morgan fingerprint density at radius 2 is 1.94 bits per heavy atom. The van der Waals surface area contributed by atoms with Crippen molar-refractivity contribution in [1.82, 2.24) is 4.98 Å². The van der Waals surface area contributed by atoms with E-state index in [1.165, 1.54) is 16.7 Å². The summed E-state index contributed by atoms with van der Waals surface area (Å²) in [6, 6.07) is 9.77. The molecule has 0 atom stereocenters. The predicted octanol–water partition coefficient (Wildman–Crippen LogP) is 3.17. The van der Waals surface area contributed by atoms with Gasteiger partial charge in [0.15, 0.2) is 0 Å².